The van der Waals surface area contributed by atoms with Crippen molar-refractivity contribution in [3.8, 4) is 11.5 Å². The van der Waals surface area contributed by atoms with E-state index in [0.717, 1.165) is 18.1 Å². The predicted molar refractivity (Wildman–Crippen MR) is 77.4 cm³/mol. The van der Waals surface area contributed by atoms with E-state index in [-0.39, 0.29) is 0 Å². The number of aliphatic hydroxyl groups is 1. The molecule has 3 N–H and O–H groups in total. The number of guanidine groups is 1. The fourth-order valence-corrected chi connectivity index (χ4v) is 1.99. The Morgan fingerprint density at radius 3 is 2.50 bits per heavy atom. The molecule has 110 valence electrons. The summed E-state index contributed by atoms with van der Waals surface area (Å²) in [5.74, 6) is 2.04. The highest BCUT2D eigenvalue weighted by molar-refractivity contribution is 5.81. The molecule has 0 bridgehead atoms. The molecule has 1 aromatic carbocycles. The summed E-state index contributed by atoms with van der Waals surface area (Å²) in [6.07, 6.45) is -0.667. The van der Waals surface area contributed by atoms with Crippen LogP contribution in [0.15, 0.2) is 23.2 Å². The van der Waals surface area contributed by atoms with Crippen LogP contribution >= 0.6 is 0 Å². The minimum atomic E-state index is -0.667. The van der Waals surface area contributed by atoms with Gasteiger partial charge in [0.15, 0.2) is 5.96 Å². The van der Waals surface area contributed by atoms with Gasteiger partial charge in [-0.05, 0) is 24.6 Å². The van der Waals surface area contributed by atoms with Gasteiger partial charge in [-0.3, -0.25) is 4.99 Å². The molecule has 0 fully saturated rings. The minimum absolute atomic E-state index is 0.339. The summed E-state index contributed by atoms with van der Waals surface area (Å²) in [5, 5.41) is 16.5. The number of rotatable bonds is 5. The van der Waals surface area contributed by atoms with Crippen molar-refractivity contribution in [1.82, 2.24) is 10.6 Å². The number of aliphatic imine (C=N–C) groups is 1. The third kappa shape index (κ3) is 3.54. The second kappa shape index (κ2) is 6.47. The average molecular weight is 279 g/mol. The third-order valence-corrected chi connectivity index (χ3v) is 3.13. The zero-order valence-electron chi connectivity index (χ0n) is 12.0. The number of aliphatic hydroxyl groups excluding tert-OH is 1. The van der Waals surface area contributed by atoms with Crippen LogP contribution in [0.1, 0.15) is 18.6 Å². The van der Waals surface area contributed by atoms with Crippen molar-refractivity contribution in [3.63, 3.8) is 0 Å². The quantitative estimate of drug-likeness (QED) is 0.739. The van der Waals surface area contributed by atoms with Crippen LogP contribution in [0.25, 0.3) is 0 Å². The second-order valence-electron chi connectivity index (χ2n) is 4.78. The van der Waals surface area contributed by atoms with Gasteiger partial charge in [-0.15, -0.1) is 0 Å². The van der Waals surface area contributed by atoms with E-state index in [0.29, 0.717) is 24.1 Å². The first-order chi connectivity index (χ1) is 9.62. The normalized spacial score (nSPS) is 19.0. The van der Waals surface area contributed by atoms with Gasteiger partial charge in [-0.25, -0.2) is 0 Å². The molecular formula is C14H21N3O3. The monoisotopic (exact) mass is 279 g/mol. The standard InChI is InChI=1S/C14H21N3O3/c1-9-7-15-14(17-9)16-8-13(18)10-4-11(19-2)6-12(5-10)20-3/h4-6,9,13,18H,7-8H2,1-3H3,(H2,15,16,17). The fraction of sp³-hybridized carbons (Fsp3) is 0.500. The van der Waals surface area contributed by atoms with Crippen molar-refractivity contribution in [1.29, 1.82) is 0 Å². The van der Waals surface area contributed by atoms with Gasteiger partial charge >= 0.3 is 0 Å². The lowest BCUT2D eigenvalue weighted by Gasteiger charge is -2.16. The molecule has 0 saturated carbocycles. The predicted octanol–water partition coefficient (Wildman–Crippen LogP) is 0.674. The molecule has 6 heteroatoms. The van der Waals surface area contributed by atoms with Crippen molar-refractivity contribution < 1.29 is 14.6 Å². The Hall–Kier alpha value is -1.95. The summed E-state index contributed by atoms with van der Waals surface area (Å²) < 4.78 is 10.4. The van der Waals surface area contributed by atoms with Gasteiger partial charge in [0.25, 0.3) is 0 Å². The van der Waals surface area contributed by atoms with Crippen LogP contribution < -0.4 is 20.1 Å². The van der Waals surface area contributed by atoms with E-state index in [1.807, 2.05) is 0 Å². The maximum atomic E-state index is 10.2. The van der Waals surface area contributed by atoms with Crippen LogP contribution in [0.5, 0.6) is 11.5 Å². The average Bonchev–Trinajstić information content (AvgIpc) is 2.89. The Morgan fingerprint density at radius 1 is 1.35 bits per heavy atom. The molecule has 1 aliphatic heterocycles. The Kier molecular flexibility index (Phi) is 4.68. The van der Waals surface area contributed by atoms with Crippen molar-refractivity contribution in [2.24, 2.45) is 4.99 Å². The van der Waals surface area contributed by atoms with E-state index >= 15 is 0 Å². The lowest BCUT2D eigenvalue weighted by molar-refractivity contribution is 0.180. The van der Waals surface area contributed by atoms with Crippen LogP contribution in [-0.2, 0) is 0 Å². The van der Waals surface area contributed by atoms with E-state index in [9.17, 15) is 5.11 Å². The molecule has 2 unspecified atom stereocenters. The zero-order chi connectivity index (χ0) is 14.5. The van der Waals surface area contributed by atoms with Crippen LogP contribution in [-0.4, -0.2) is 44.4 Å². The minimum Gasteiger partial charge on any atom is -0.497 e. The molecule has 1 heterocycles. The summed E-state index contributed by atoms with van der Waals surface area (Å²) in [5.41, 5.74) is 0.736. The fourth-order valence-electron chi connectivity index (χ4n) is 1.99. The maximum absolute atomic E-state index is 10.2. The van der Waals surface area contributed by atoms with Gasteiger partial charge in [0.1, 0.15) is 11.5 Å². The summed E-state index contributed by atoms with van der Waals surface area (Å²) in [6, 6.07) is 5.70. The number of nitrogens with one attached hydrogen (secondary N) is 2. The van der Waals surface area contributed by atoms with E-state index in [1.54, 1.807) is 32.4 Å². The molecule has 0 saturated heterocycles. The van der Waals surface area contributed by atoms with Crippen molar-refractivity contribution in [3.05, 3.63) is 23.8 Å². The summed E-state index contributed by atoms with van der Waals surface area (Å²) in [6.45, 7) is 3.18. The molecule has 1 aliphatic rings. The zero-order valence-corrected chi connectivity index (χ0v) is 12.0. The first-order valence-electron chi connectivity index (χ1n) is 6.58. The molecule has 2 rings (SSSR count). The van der Waals surface area contributed by atoms with Gasteiger partial charge in [-0.2, -0.15) is 0 Å². The highest BCUT2D eigenvalue weighted by atomic mass is 16.5. The lowest BCUT2D eigenvalue weighted by Crippen LogP contribution is -2.39. The number of hydrogen-bond acceptors (Lipinski definition) is 6. The SMILES string of the molecule is COc1cc(OC)cc(C(O)CNC2=NCC(C)N2)c1. The molecule has 0 aromatic heterocycles. The van der Waals surface area contributed by atoms with Crippen LogP contribution in [0, 0.1) is 0 Å². The van der Waals surface area contributed by atoms with Gasteiger partial charge in [-0.1, -0.05) is 0 Å². The lowest BCUT2D eigenvalue weighted by atomic mass is 10.1. The number of methoxy groups -OCH3 is 2. The molecule has 0 radical (unpaired) electrons. The Balaban J connectivity index is 1.99. The number of ether oxygens (including phenoxy) is 2. The smallest absolute Gasteiger partial charge is 0.191 e. The number of nitrogens with zero attached hydrogens (tertiary/aromatic N) is 1. The largest absolute Gasteiger partial charge is 0.497 e. The van der Waals surface area contributed by atoms with Crippen molar-refractivity contribution >= 4 is 5.96 Å². The van der Waals surface area contributed by atoms with Crippen LogP contribution in [0.4, 0.5) is 0 Å². The molecule has 0 spiro atoms. The van der Waals surface area contributed by atoms with Crippen LogP contribution in [0.3, 0.4) is 0 Å². The van der Waals surface area contributed by atoms with Crippen molar-refractivity contribution in [2.75, 3.05) is 27.3 Å². The third-order valence-electron chi connectivity index (χ3n) is 3.13. The molecule has 2 atom stereocenters. The summed E-state index contributed by atoms with van der Waals surface area (Å²) >= 11 is 0. The first-order valence-corrected chi connectivity index (χ1v) is 6.58. The molecule has 1 aromatic rings. The van der Waals surface area contributed by atoms with E-state index < -0.39 is 6.10 Å². The van der Waals surface area contributed by atoms with Crippen molar-refractivity contribution in [2.45, 2.75) is 19.1 Å². The van der Waals surface area contributed by atoms with Gasteiger partial charge in [0.05, 0.1) is 26.9 Å². The molecule has 6 nitrogen and oxygen atoms in total. The Bertz CT molecular complexity index is 468. The molecule has 0 amide bonds. The Labute approximate surface area is 118 Å². The van der Waals surface area contributed by atoms with E-state index in [2.05, 4.69) is 22.5 Å². The number of benzene rings is 1. The second-order valence-corrected chi connectivity index (χ2v) is 4.78. The topological polar surface area (TPSA) is 75.1 Å². The van der Waals surface area contributed by atoms with E-state index in [4.69, 9.17) is 9.47 Å². The number of hydrogen-bond donors (Lipinski definition) is 3. The summed E-state index contributed by atoms with van der Waals surface area (Å²) in [4.78, 5) is 4.28. The molecular weight excluding hydrogens is 258 g/mol. The molecule has 20 heavy (non-hydrogen) atoms. The van der Waals surface area contributed by atoms with Gasteiger partial charge in [0, 0.05) is 18.7 Å². The maximum Gasteiger partial charge on any atom is 0.191 e. The van der Waals surface area contributed by atoms with Crippen LogP contribution in [0.2, 0.25) is 0 Å². The highest BCUT2D eigenvalue weighted by Crippen LogP contribution is 2.26. The van der Waals surface area contributed by atoms with E-state index in [1.165, 1.54) is 0 Å². The highest BCUT2D eigenvalue weighted by Gasteiger charge is 2.15. The Morgan fingerprint density at radius 2 is 2.00 bits per heavy atom. The summed E-state index contributed by atoms with van der Waals surface area (Å²) in [7, 11) is 3.17. The van der Waals surface area contributed by atoms with Gasteiger partial charge in [0.2, 0.25) is 0 Å². The first kappa shape index (κ1) is 14.5. The van der Waals surface area contributed by atoms with Gasteiger partial charge < -0.3 is 25.2 Å². The molecule has 0 aliphatic carbocycles.